The molecule has 2 N–H and O–H groups in total. The first kappa shape index (κ1) is 18.1. The molecule has 1 aromatic heterocycles. The van der Waals surface area contributed by atoms with Crippen LogP contribution in [0.4, 0.5) is 5.69 Å². The molecular weight excluding hydrogens is 346 g/mol. The van der Waals surface area contributed by atoms with Crippen molar-refractivity contribution in [3.63, 3.8) is 0 Å². The van der Waals surface area contributed by atoms with Crippen LogP contribution in [-0.4, -0.2) is 16.0 Å². The molecule has 0 aliphatic heterocycles. The second-order valence-electron chi connectivity index (χ2n) is 7.12. The summed E-state index contributed by atoms with van der Waals surface area (Å²) in [6.07, 6.45) is 0. The van der Waals surface area contributed by atoms with Crippen LogP contribution in [0.2, 0.25) is 0 Å². The Labute approximate surface area is 157 Å². The molecule has 0 spiro atoms. The molecule has 2 aromatic carbocycles. The summed E-state index contributed by atoms with van der Waals surface area (Å²) >= 11 is 5.27. The minimum atomic E-state index is -0.513. The zero-order valence-electron chi connectivity index (χ0n) is 15.2. The first-order valence-corrected chi connectivity index (χ1v) is 8.74. The molecule has 134 valence electrons. The zero-order valence-corrected chi connectivity index (χ0v) is 16.0. The lowest BCUT2D eigenvalue weighted by Gasteiger charge is -2.19. The van der Waals surface area contributed by atoms with Gasteiger partial charge in [0.2, 0.25) is 11.8 Å². The summed E-state index contributed by atoms with van der Waals surface area (Å²) in [4.78, 5) is 16.6. The van der Waals surface area contributed by atoms with Gasteiger partial charge >= 0.3 is 0 Å². The number of para-hydroxylation sites is 2. The predicted molar refractivity (Wildman–Crippen MR) is 108 cm³/mol. The molecule has 0 aliphatic rings. The number of aromatic nitrogens is 1. The number of rotatable bonds is 2. The number of anilines is 1. The number of oxazole rings is 1. The first-order chi connectivity index (χ1) is 12.3. The fourth-order valence-electron chi connectivity index (χ4n) is 2.43. The maximum Gasteiger partial charge on any atom is 0.231 e. The van der Waals surface area contributed by atoms with E-state index in [4.69, 9.17) is 16.6 Å². The number of nitrogens with one attached hydrogen (secondary N) is 2. The minimum absolute atomic E-state index is 0.136. The van der Waals surface area contributed by atoms with Crippen LogP contribution in [0.15, 0.2) is 46.9 Å². The molecule has 1 heterocycles. The second-order valence-corrected chi connectivity index (χ2v) is 7.53. The van der Waals surface area contributed by atoms with Gasteiger partial charge in [0, 0.05) is 16.7 Å². The Morgan fingerprint density at radius 1 is 1.12 bits per heavy atom. The molecule has 0 unspecified atom stereocenters. The molecule has 5 nitrogen and oxygen atoms in total. The van der Waals surface area contributed by atoms with E-state index in [0.29, 0.717) is 5.89 Å². The highest BCUT2D eigenvalue weighted by atomic mass is 32.1. The Balaban J connectivity index is 1.85. The van der Waals surface area contributed by atoms with Crippen LogP contribution < -0.4 is 10.6 Å². The summed E-state index contributed by atoms with van der Waals surface area (Å²) in [7, 11) is 0. The van der Waals surface area contributed by atoms with Crippen LogP contribution >= 0.6 is 12.2 Å². The first-order valence-electron chi connectivity index (χ1n) is 8.34. The van der Waals surface area contributed by atoms with E-state index in [1.807, 2.05) is 70.2 Å². The van der Waals surface area contributed by atoms with Crippen molar-refractivity contribution in [2.75, 3.05) is 5.32 Å². The van der Waals surface area contributed by atoms with Crippen molar-refractivity contribution in [2.24, 2.45) is 5.41 Å². The topological polar surface area (TPSA) is 67.2 Å². The van der Waals surface area contributed by atoms with Crippen LogP contribution in [0, 0.1) is 12.3 Å². The molecule has 0 radical (unpaired) electrons. The van der Waals surface area contributed by atoms with Gasteiger partial charge in [-0.2, -0.15) is 0 Å². The Morgan fingerprint density at radius 2 is 1.85 bits per heavy atom. The molecule has 1 amide bonds. The third-order valence-electron chi connectivity index (χ3n) is 4.01. The number of benzene rings is 2. The van der Waals surface area contributed by atoms with Gasteiger partial charge in [-0.05, 0) is 49.0 Å². The maximum absolute atomic E-state index is 12.1. The summed E-state index contributed by atoms with van der Waals surface area (Å²) in [6, 6.07) is 13.4. The fraction of sp³-hybridized carbons (Fsp3) is 0.250. The van der Waals surface area contributed by atoms with E-state index in [1.54, 1.807) is 0 Å². The number of fused-ring (bicyclic) bond motifs is 1. The largest absolute Gasteiger partial charge is 0.436 e. The van der Waals surface area contributed by atoms with Crippen LogP contribution in [0.5, 0.6) is 0 Å². The smallest absolute Gasteiger partial charge is 0.231 e. The molecule has 0 saturated carbocycles. The molecule has 0 fully saturated rings. The van der Waals surface area contributed by atoms with Crippen LogP contribution in [0.25, 0.3) is 22.6 Å². The number of hydrogen-bond acceptors (Lipinski definition) is 4. The number of amides is 1. The number of nitrogens with zero attached hydrogens (tertiary/aromatic N) is 1. The van der Waals surface area contributed by atoms with Crippen molar-refractivity contribution in [3.05, 3.63) is 48.0 Å². The molecule has 0 bridgehead atoms. The van der Waals surface area contributed by atoms with Crippen molar-refractivity contribution < 1.29 is 9.21 Å². The third-order valence-corrected chi connectivity index (χ3v) is 4.22. The quantitative estimate of drug-likeness (QED) is 0.645. The predicted octanol–water partition coefficient (Wildman–Crippen LogP) is 4.66. The molecule has 3 rings (SSSR count). The monoisotopic (exact) mass is 367 g/mol. The molecule has 26 heavy (non-hydrogen) atoms. The van der Waals surface area contributed by atoms with Crippen LogP contribution in [-0.2, 0) is 4.79 Å². The van der Waals surface area contributed by atoms with Gasteiger partial charge in [-0.15, -0.1) is 0 Å². The van der Waals surface area contributed by atoms with Crippen molar-refractivity contribution in [1.29, 1.82) is 0 Å². The summed E-state index contributed by atoms with van der Waals surface area (Å²) in [5.41, 5.74) is 3.65. The van der Waals surface area contributed by atoms with Crippen LogP contribution in [0.1, 0.15) is 26.3 Å². The van der Waals surface area contributed by atoms with Gasteiger partial charge in [0.25, 0.3) is 0 Å². The number of thiocarbonyl (C=S) groups is 1. The number of hydrogen-bond donors (Lipinski definition) is 2. The van der Waals surface area contributed by atoms with Gasteiger partial charge in [0.05, 0.1) is 0 Å². The van der Waals surface area contributed by atoms with E-state index < -0.39 is 5.41 Å². The summed E-state index contributed by atoms with van der Waals surface area (Å²) in [5, 5.41) is 6.07. The summed E-state index contributed by atoms with van der Waals surface area (Å²) in [6.45, 7) is 7.47. The Hall–Kier alpha value is -2.73. The average molecular weight is 367 g/mol. The van der Waals surface area contributed by atoms with Gasteiger partial charge in [0.1, 0.15) is 5.52 Å². The van der Waals surface area contributed by atoms with Crippen molar-refractivity contribution in [2.45, 2.75) is 27.7 Å². The summed E-state index contributed by atoms with van der Waals surface area (Å²) < 4.78 is 5.86. The van der Waals surface area contributed by atoms with Crippen molar-refractivity contribution in [1.82, 2.24) is 10.3 Å². The minimum Gasteiger partial charge on any atom is -0.436 e. The van der Waals surface area contributed by atoms with Gasteiger partial charge < -0.3 is 15.1 Å². The van der Waals surface area contributed by atoms with Gasteiger partial charge in [-0.1, -0.05) is 39.0 Å². The fourth-order valence-corrected chi connectivity index (χ4v) is 2.64. The van der Waals surface area contributed by atoms with Gasteiger partial charge in [0.15, 0.2) is 10.7 Å². The average Bonchev–Trinajstić information content (AvgIpc) is 2.99. The number of carbonyl (C=O) groups is 1. The zero-order chi connectivity index (χ0) is 18.9. The van der Waals surface area contributed by atoms with E-state index in [1.165, 1.54) is 0 Å². The van der Waals surface area contributed by atoms with Crippen LogP contribution in [0.3, 0.4) is 0 Å². The molecule has 0 aliphatic carbocycles. The van der Waals surface area contributed by atoms with E-state index >= 15 is 0 Å². The Kier molecular flexibility index (Phi) is 4.78. The highest BCUT2D eigenvalue weighted by molar-refractivity contribution is 7.80. The highest BCUT2D eigenvalue weighted by Gasteiger charge is 2.22. The van der Waals surface area contributed by atoms with Gasteiger partial charge in [-0.3, -0.25) is 4.79 Å². The lowest BCUT2D eigenvalue weighted by Crippen LogP contribution is -2.41. The van der Waals surface area contributed by atoms with Crippen molar-refractivity contribution >= 4 is 40.0 Å². The molecular formula is C20H21N3O2S. The Bertz CT molecular complexity index is 953. The van der Waals surface area contributed by atoms with Crippen molar-refractivity contribution in [3.8, 4) is 11.5 Å². The lowest BCUT2D eigenvalue weighted by atomic mass is 9.96. The summed E-state index contributed by atoms with van der Waals surface area (Å²) in [5.74, 6) is 0.416. The molecule has 6 heteroatoms. The Morgan fingerprint density at radius 3 is 2.54 bits per heavy atom. The SMILES string of the molecule is Cc1c(NC(=S)NC(=O)C(C)(C)C)cccc1-c1nc2ccccc2o1. The van der Waals surface area contributed by atoms with E-state index in [-0.39, 0.29) is 11.0 Å². The molecule has 3 aromatic rings. The maximum atomic E-state index is 12.1. The standard InChI is InChI=1S/C20H21N3O2S/c1-12-13(17-21-15-9-5-6-11-16(15)25-17)8-7-10-14(12)22-19(26)23-18(24)20(2,3)4/h5-11H,1-4H3,(H2,22,23,24,26). The highest BCUT2D eigenvalue weighted by Crippen LogP contribution is 2.30. The van der Waals surface area contributed by atoms with E-state index in [0.717, 1.165) is 27.9 Å². The molecule has 0 saturated heterocycles. The number of carbonyl (C=O) groups excluding carboxylic acids is 1. The van der Waals surface area contributed by atoms with E-state index in [2.05, 4.69) is 15.6 Å². The second kappa shape index (κ2) is 6.88. The third kappa shape index (κ3) is 3.75. The lowest BCUT2D eigenvalue weighted by molar-refractivity contribution is -0.126. The van der Waals surface area contributed by atoms with Gasteiger partial charge in [-0.25, -0.2) is 4.98 Å². The molecule has 0 atom stereocenters. The van der Waals surface area contributed by atoms with E-state index in [9.17, 15) is 4.79 Å². The normalized spacial score (nSPS) is 11.4.